The van der Waals surface area contributed by atoms with Crippen molar-refractivity contribution in [3.8, 4) is 0 Å². The molecule has 0 spiro atoms. The molecular formula is C28H35NO4. The number of esters is 1. The normalized spacial score (nSPS) is 28.5. The van der Waals surface area contributed by atoms with Crippen LogP contribution < -0.4 is 0 Å². The van der Waals surface area contributed by atoms with Gasteiger partial charge in [0.15, 0.2) is 12.1 Å². The minimum absolute atomic E-state index is 0.137. The molecule has 0 bridgehead atoms. The summed E-state index contributed by atoms with van der Waals surface area (Å²) in [7, 11) is 0. The number of hydrogen-bond donors (Lipinski definition) is 0. The zero-order valence-electron chi connectivity index (χ0n) is 20.0. The van der Waals surface area contributed by atoms with Crippen molar-refractivity contribution in [2.75, 3.05) is 0 Å². The Kier molecular flexibility index (Phi) is 7.06. The Balaban J connectivity index is 1.66. The lowest BCUT2D eigenvalue weighted by molar-refractivity contribution is -0.162. The fraction of sp³-hybridized carbons (Fsp3) is 0.500. The third-order valence-corrected chi connectivity index (χ3v) is 7.32. The first-order valence-electron chi connectivity index (χ1n) is 12.2. The molecular weight excluding hydrogens is 414 g/mol. The second kappa shape index (κ2) is 9.98. The fourth-order valence-electron chi connectivity index (χ4n) is 5.38. The van der Waals surface area contributed by atoms with Crippen molar-refractivity contribution in [2.24, 2.45) is 17.8 Å². The molecule has 0 radical (unpaired) electrons. The van der Waals surface area contributed by atoms with Gasteiger partial charge in [0.2, 0.25) is 0 Å². The molecule has 1 heterocycles. The highest BCUT2D eigenvalue weighted by Crippen LogP contribution is 2.41. The van der Waals surface area contributed by atoms with Gasteiger partial charge in [-0.2, -0.15) is 0 Å². The van der Waals surface area contributed by atoms with Gasteiger partial charge in [-0.3, -0.25) is 4.90 Å². The number of amides is 1. The van der Waals surface area contributed by atoms with E-state index in [1.807, 2.05) is 67.6 Å². The molecule has 1 aliphatic carbocycles. The standard InChI is InChI=1S/C28H35NO4/c1-18(2)23-16-15-19(3)17-24(23)32-27(30)25-26(22-13-9-6-10-14-22)33-28(31)29(25)20(4)21-11-7-5-8-12-21/h5-14,18-20,23-26H,15-17H2,1-4H3/t19?,20-,23?,24?,25?,26?/m0/s1. The van der Waals surface area contributed by atoms with Crippen LogP contribution in [0.3, 0.4) is 0 Å². The molecule has 1 amide bonds. The van der Waals surface area contributed by atoms with Crippen LogP contribution in [0.4, 0.5) is 4.79 Å². The van der Waals surface area contributed by atoms with Crippen LogP contribution in [0.15, 0.2) is 60.7 Å². The predicted octanol–water partition coefficient (Wildman–Crippen LogP) is 6.31. The highest BCUT2D eigenvalue weighted by atomic mass is 16.6. The molecule has 2 aliphatic rings. The van der Waals surface area contributed by atoms with E-state index < -0.39 is 18.2 Å². The Morgan fingerprint density at radius 1 is 1.00 bits per heavy atom. The van der Waals surface area contributed by atoms with Crippen molar-refractivity contribution in [2.45, 2.75) is 71.2 Å². The van der Waals surface area contributed by atoms with Crippen molar-refractivity contribution in [1.29, 1.82) is 0 Å². The fourth-order valence-corrected chi connectivity index (χ4v) is 5.38. The van der Waals surface area contributed by atoms with Crippen LogP contribution in [0.5, 0.6) is 0 Å². The molecule has 0 N–H and O–H groups in total. The first-order chi connectivity index (χ1) is 15.9. The van der Waals surface area contributed by atoms with Crippen LogP contribution in [0.25, 0.3) is 0 Å². The van der Waals surface area contributed by atoms with E-state index in [2.05, 4.69) is 20.8 Å². The van der Waals surface area contributed by atoms with E-state index in [0.717, 1.165) is 30.4 Å². The summed E-state index contributed by atoms with van der Waals surface area (Å²) in [5.74, 6) is 0.908. The summed E-state index contributed by atoms with van der Waals surface area (Å²) in [6.45, 7) is 8.54. The molecule has 6 atom stereocenters. The Bertz CT molecular complexity index is 945. The first kappa shape index (κ1) is 23.3. The molecule has 5 heteroatoms. The van der Waals surface area contributed by atoms with Gasteiger partial charge < -0.3 is 9.47 Å². The van der Waals surface area contributed by atoms with Gasteiger partial charge in [0.05, 0.1) is 6.04 Å². The third kappa shape index (κ3) is 4.92. The van der Waals surface area contributed by atoms with Gasteiger partial charge in [-0.05, 0) is 48.6 Å². The van der Waals surface area contributed by atoms with Gasteiger partial charge in [0.25, 0.3) is 0 Å². The van der Waals surface area contributed by atoms with E-state index in [1.54, 1.807) is 4.90 Å². The van der Waals surface area contributed by atoms with Crippen LogP contribution in [-0.2, 0) is 14.3 Å². The monoisotopic (exact) mass is 449 g/mol. The largest absolute Gasteiger partial charge is 0.460 e. The molecule has 2 aromatic carbocycles. The number of rotatable bonds is 6. The van der Waals surface area contributed by atoms with Gasteiger partial charge in [-0.1, -0.05) is 87.9 Å². The zero-order chi connectivity index (χ0) is 23.5. The van der Waals surface area contributed by atoms with Gasteiger partial charge >= 0.3 is 12.1 Å². The average molecular weight is 450 g/mol. The Labute approximate surface area is 197 Å². The van der Waals surface area contributed by atoms with Gasteiger partial charge in [0.1, 0.15) is 6.10 Å². The molecule has 1 saturated heterocycles. The third-order valence-electron chi connectivity index (χ3n) is 7.32. The van der Waals surface area contributed by atoms with E-state index in [4.69, 9.17) is 9.47 Å². The SMILES string of the molecule is CC1CCC(C(C)C)C(OC(=O)C2C(c3ccccc3)OC(=O)N2[C@@H](C)c2ccccc2)C1. The van der Waals surface area contributed by atoms with Crippen molar-refractivity contribution in [3.05, 3.63) is 71.8 Å². The van der Waals surface area contributed by atoms with Crippen LogP contribution in [0, 0.1) is 17.8 Å². The number of cyclic esters (lactones) is 1. The summed E-state index contributed by atoms with van der Waals surface area (Å²) < 4.78 is 12.0. The maximum Gasteiger partial charge on any atom is 0.411 e. The molecule has 33 heavy (non-hydrogen) atoms. The smallest absolute Gasteiger partial charge is 0.411 e. The van der Waals surface area contributed by atoms with E-state index in [1.165, 1.54) is 0 Å². The Hall–Kier alpha value is -2.82. The van der Waals surface area contributed by atoms with Gasteiger partial charge in [0, 0.05) is 0 Å². The number of benzene rings is 2. The highest BCUT2D eigenvalue weighted by molar-refractivity contribution is 5.86. The number of carbonyl (C=O) groups is 2. The summed E-state index contributed by atoms with van der Waals surface area (Å²) in [6.07, 6.45) is 1.76. The topological polar surface area (TPSA) is 55.8 Å². The molecule has 1 saturated carbocycles. The molecule has 4 rings (SSSR count). The van der Waals surface area contributed by atoms with Crippen molar-refractivity contribution >= 4 is 12.1 Å². The zero-order valence-corrected chi connectivity index (χ0v) is 20.0. The van der Waals surface area contributed by atoms with Crippen LogP contribution >= 0.6 is 0 Å². The Morgan fingerprint density at radius 2 is 1.64 bits per heavy atom. The summed E-state index contributed by atoms with van der Waals surface area (Å²) in [4.78, 5) is 28.4. The number of carbonyl (C=O) groups excluding carboxylic acids is 2. The molecule has 2 fully saturated rings. The van der Waals surface area contributed by atoms with E-state index >= 15 is 0 Å². The highest BCUT2D eigenvalue weighted by Gasteiger charge is 2.51. The van der Waals surface area contributed by atoms with E-state index in [0.29, 0.717) is 17.8 Å². The van der Waals surface area contributed by atoms with Crippen molar-refractivity contribution in [3.63, 3.8) is 0 Å². The summed E-state index contributed by atoms with van der Waals surface area (Å²) in [5, 5.41) is 0. The number of hydrogen-bond acceptors (Lipinski definition) is 4. The second-order valence-electron chi connectivity index (χ2n) is 9.96. The minimum Gasteiger partial charge on any atom is -0.460 e. The lowest BCUT2D eigenvalue weighted by Gasteiger charge is -2.38. The van der Waals surface area contributed by atoms with Crippen LogP contribution in [0.2, 0.25) is 0 Å². The lowest BCUT2D eigenvalue weighted by atomic mass is 9.75. The van der Waals surface area contributed by atoms with E-state index in [-0.39, 0.29) is 18.1 Å². The molecule has 5 unspecified atom stereocenters. The molecule has 5 nitrogen and oxygen atoms in total. The quantitative estimate of drug-likeness (QED) is 0.485. The van der Waals surface area contributed by atoms with Gasteiger partial charge in [-0.25, -0.2) is 9.59 Å². The second-order valence-corrected chi connectivity index (χ2v) is 9.96. The molecule has 176 valence electrons. The van der Waals surface area contributed by atoms with Gasteiger partial charge in [-0.15, -0.1) is 0 Å². The lowest BCUT2D eigenvalue weighted by Crippen LogP contribution is -2.46. The van der Waals surface area contributed by atoms with Crippen molar-refractivity contribution < 1.29 is 19.1 Å². The van der Waals surface area contributed by atoms with Crippen LogP contribution in [0.1, 0.15) is 70.2 Å². The minimum atomic E-state index is -0.833. The molecule has 2 aromatic rings. The maximum atomic E-state index is 13.8. The molecule has 1 aliphatic heterocycles. The number of nitrogens with zero attached hydrogens (tertiary/aromatic N) is 1. The van der Waals surface area contributed by atoms with E-state index in [9.17, 15) is 9.59 Å². The number of ether oxygens (including phenoxy) is 2. The Morgan fingerprint density at radius 3 is 2.27 bits per heavy atom. The summed E-state index contributed by atoms with van der Waals surface area (Å²) >= 11 is 0. The van der Waals surface area contributed by atoms with Crippen LogP contribution in [-0.4, -0.2) is 29.1 Å². The summed E-state index contributed by atoms with van der Waals surface area (Å²) in [5.41, 5.74) is 1.75. The summed E-state index contributed by atoms with van der Waals surface area (Å²) in [6, 6.07) is 18.1. The predicted molar refractivity (Wildman–Crippen MR) is 127 cm³/mol. The maximum absolute atomic E-state index is 13.8. The first-order valence-corrected chi connectivity index (χ1v) is 12.2. The van der Waals surface area contributed by atoms with Crippen molar-refractivity contribution in [1.82, 2.24) is 4.90 Å². The molecule has 0 aromatic heterocycles. The average Bonchev–Trinajstić information content (AvgIpc) is 3.16.